The predicted molar refractivity (Wildman–Crippen MR) is 110 cm³/mol. The van der Waals surface area contributed by atoms with Gasteiger partial charge in [0.1, 0.15) is 5.75 Å². The molecule has 0 bridgehead atoms. The van der Waals surface area contributed by atoms with E-state index < -0.39 is 18.0 Å². The Balaban J connectivity index is 1.88. The van der Waals surface area contributed by atoms with Gasteiger partial charge in [-0.2, -0.15) is 0 Å². The van der Waals surface area contributed by atoms with Crippen LogP contribution in [0.1, 0.15) is 40.0 Å². The Hall–Kier alpha value is -3.43. The molecule has 2 aromatic carbocycles. The Labute approximate surface area is 183 Å². The molecule has 0 unspecified atom stereocenters. The molecule has 10 heteroatoms. The number of methoxy groups -OCH3 is 2. The summed E-state index contributed by atoms with van der Waals surface area (Å²) in [5.41, 5.74) is 0.527. The molecule has 1 heterocycles. The number of halogens is 3. The monoisotopic (exact) mass is 452 g/mol. The van der Waals surface area contributed by atoms with Crippen molar-refractivity contribution in [1.82, 2.24) is 4.90 Å². The number of nitrogens with one attached hydrogen (secondary N) is 1. The van der Waals surface area contributed by atoms with Gasteiger partial charge in [0.25, 0.3) is 11.8 Å². The van der Waals surface area contributed by atoms with Gasteiger partial charge in [-0.25, -0.2) is 0 Å². The van der Waals surface area contributed by atoms with Gasteiger partial charge in [0, 0.05) is 24.7 Å². The zero-order valence-electron chi connectivity index (χ0n) is 17.6. The Bertz CT molecular complexity index is 971. The highest BCUT2D eigenvalue weighted by molar-refractivity contribution is 6.09. The molecule has 1 N–H and O–H groups in total. The molecule has 0 saturated carbocycles. The summed E-state index contributed by atoms with van der Waals surface area (Å²) >= 11 is 0. The Morgan fingerprint density at radius 1 is 0.938 bits per heavy atom. The van der Waals surface area contributed by atoms with Gasteiger partial charge in [-0.05, 0) is 49.6 Å². The molecule has 0 aromatic heterocycles. The third kappa shape index (κ3) is 5.63. The summed E-state index contributed by atoms with van der Waals surface area (Å²) in [7, 11) is 2.87. The molecule has 1 aliphatic heterocycles. The normalized spacial score (nSPS) is 14.0. The molecule has 1 saturated heterocycles. The maximum absolute atomic E-state index is 13.1. The minimum absolute atomic E-state index is 0.0886. The molecule has 1 aliphatic rings. The Kier molecular flexibility index (Phi) is 7.12. The second-order valence-electron chi connectivity index (χ2n) is 7.13. The molecule has 1 fully saturated rings. The number of alkyl halides is 3. The van der Waals surface area contributed by atoms with Crippen LogP contribution in [0.5, 0.6) is 17.2 Å². The molecule has 2 amide bonds. The molecule has 0 radical (unpaired) electrons. The topological polar surface area (TPSA) is 77.1 Å². The van der Waals surface area contributed by atoms with E-state index in [9.17, 15) is 22.8 Å². The van der Waals surface area contributed by atoms with Crippen LogP contribution in [0.3, 0.4) is 0 Å². The molecule has 172 valence electrons. The predicted octanol–water partition coefficient (Wildman–Crippen LogP) is 4.48. The zero-order valence-corrected chi connectivity index (χ0v) is 17.6. The fourth-order valence-corrected chi connectivity index (χ4v) is 3.43. The molecule has 2 aromatic rings. The summed E-state index contributed by atoms with van der Waals surface area (Å²) in [5.74, 6) is -0.661. The van der Waals surface area contributed by atoms with E-state index >= 15 is 0 Å². The minimum Gasteiger partial charge on any atom is -0.493 e. The van der Waals surface area contributed by atoms with Crippen LogP contribution in [0.25, 0.3) is 0 Å². The molecular weight excluding hydrogens is 429 g/mol. The summed E-state index contributed by atoms with van der Waals surface area (Å²) in [6, 6.07) is 7.46. The summed E-state index contributed by atoms with van der Waals surface area (Å²) < 4.78 is 51.4. The van der Waals surface area contributed by atoms with E-state index in [0.717, 1.165) is 31.4 Å². The summed E-state index contributed by atoms with van der Waals surface area (Å²) in [4.78, 5) is 27.6. The van der Waals surface area contributed by atoms with Crippen molar-refractivity contribution < 1.29 is 37.0 Å². The van der Waals surface area contributed by atoms with E-state index in [1.807, 2.05) is 0 Å². The SMILES string of the molecule is COc1cc(NC(=O)c2ccc(OC(F)(F)F)cc2)c(C(=O)N2CCCCC2)cc1OC. The summed E-state index contributed by atoms with van der Waals surface area (Å²) in [5, 5.41) is 2.66. The second-order valence-corrected chi connectivity index (χ2v) is 7.13. The molecule has 3 rings (SSSR count). The number of anilines is 1. The lowest BCUT2D eigenvalue weighted by Gasteiger charge is -2.28. The molecule has 32 heavy (non-hydrogen) atoms. The van der Waals surface area contributed by atoms with Crippen LogP contribution >= 0.6 is 0 Å². The number of rotatable bonds is 6. The number of amides is 2. The highest BCUT2D eigenvalue weighted by Crippen LogP contribution is 2.35. The van der Waals surface area contributed by atoms with Crippen molar-refractivity contribution in [3.63, 3.8) is 0 Å². The molecule has 7 nitrogen and oxygen atoms in total. The van der Waals surface area contributed by atoms with Crippen molar-refractivity contribution in [2.75, 3.05) is 32.6 Å². The first-order valence-corrected chi connectivity index (χ1v) is 9.94. The number of hydrogen-bond donors (Lipinski definition) is 1. The van der Waals surface area contributed by atoms with Gasteiger partial charge in [0.05, 0.1) is 25.5 Å². The highest BCUT2D eigenvalue weighted by Gasteiger charge is 2.31. The fourth-order valence-electron chi connectivity index (χ4n) is 3.43. The first kappa shape index (κ1) is 23.2. The van der Waals surface area contributed by atoms with Gasteiger partial charge in [0.15, 0.2) is 11.5 Å². The number of ether oxygens (including phenoxy) is 3. The van der Waals surface area contributed by atoms with E-state index in [4.69, 9.17) is 9.47 Å². The van der Waals surface area contributed by atoms with E-state index in [1.54, 1.807) is 4.90 Å². The Morgan fingerprint density at radius 2 is 1.53 bits per heavy atom. The smallest absolute Gasteiger partial charge is 0.493 e. The molecule has 0 aliphatic carbocycles. The van der Waals surface area contributed by atoms with Crippen LogP contribution in [-0.4, -0.2) is 50.4 Å². The maximum atomic E-state index is 13.1. The van der Waals surface area contributed by atoms with E-state index in [1.165, 1.54) is 38.5 Å². The van der Waals surface area contributed by atoms with E-state index in [0.29, 0.717) is 24.6 Å². The van der Waals surface area contributed by atoms with Crippen LogP contribution in [0.4, 0.5) is 18.9 Å². The first-order valence-electron chi connectivity index (χ1n) is 9.94. The first-order chi connectivity index (χ1) is 15.2. The number of likely N-dealkylation sites (tertiary alicyclic amines) is 1. The van der Waals surface area contributed by atoms with Crippen molar-refractivity contribution in [2.24, 2.45) is 0 Å². The van der Waals surface area contributed by atoms with Crippen LogP contribution in [0, 0.1) is 0 Å². The summed E-state index contributed by atoms with van der Waals surface area (Å²) in [6.45, 7) is 1.22. The van der Waals surface area contributed by atoms with Gasteiger partial charge in [-0.15, -0.1) is 13.2 Å². The quantitative estimate of drug-likeness (QED) is 0.699. The number of benzene rings is 2. The van der Waals surface area contributed by atoms with Crippen molar-refractivity contribution in [2.45, 2.75) is 25.6 Å². The van der Waals surface area contributed by atoms with Gasteiger partial charge >= 0.3 is 6.36 Å². The van der Waals surface area contributed by atoms with Crippen LogP contribution in [0.15, 0.2) is 36.4 Å². The van der Waals surface area contributed by atoms with Crippen molar-refractivity contribution in [1.29, 1.82) is 0 Å². The second kappa shape index (κ2) is 9.80. The number of hydrogen-bond acceptors (Lipinski definition) is 5. The van der Waals surface area contributed by atoms with E-state index in [-0.39, 0.29) is 22.7 Å². The largest absolute Gasteiger partial charge is 0.573 e. The van der Waals surface area contributed by atoms with Crippen molar-refractivity contribution in [3.05, 3.63) is 47.5 Å². The number of piperidine rings is 1. The van der Waals surface area contributed by atoms with Gasteiger partial charge in [0.2, 0.25) is 0 Å². The number of carbonyl (C=O) groups excluding carboxylic acids is 2. The summed E-state index contributed by atoms with van der Waals surface area (Å²) in [6.07, 6.45) is -1.99. The van der Waals surface area contributed by atoms with Crippen LogP contribution in [-0.2, 0) is 0 Å². The average Bonchev–Trinajstić information content (AvgIpc) is 2.78. The van der Waals surface area contributed by atoms with Gasteiger partial charge in [-0.1, -0.05) is 0 Å². The van der Waals surface area contributed by atoms with Crippen LogP contribution < -0.4 is 19.5 Å². The van der Waals surface area contributed by atoms with Gasteiger partial charge in [-0.3, -0.25) is 9.59 Å². The zero-order chi connectivity index (χ0) is 23.3. The third-order valence-corrected chi connectivity index (χ3v) is 5.00. The molecular formula is C22H23F3N2O5. The van der Waals surface area contributed by atoms with Crippen molar-refractivity contribution in [3.8, 4) is 17.2 Å². The molecule has 0 spiro atoms. The third-order valence-electron chi connectivity index (χ3n) is 5.00. The minimum atomic E-state index is -4.83. The lowest BCUT2D eigenvalue weighted by atomic mass is 10.1. The number of nitrogens with zero attached hydrogens (tertiary/aromatic N) is 1. The lowest BCUT2D eigenvalue weighted by Crippen LogP contribution is -2.36. The Morgan fingerprint density at radius 3 is 2.09 bits per heavy atom. The number of carbonyl (C=O) groups is 2. The fraction of sp³-hybridized carbons (Fsp3) is 0.364. The van der Waals surface area contributed by atoms with E-state index in [2.05, 4.69) is 10.1 Å². The van der Waals surface area contributed by atoms with Crippen LogP contribution in [0.2, 0.25) is 0 Å². The van der Waals surface area contributed by atoms with Gasteiger partial charge < -0.3 is 24.4 Å². The highest BCUT2D eigenvalue weighted by atomic mass is 19.4. The van der Waals surface area contributed by atoms with Crippen molar-refractivity contribution >= 4 is 17.5 Å². The average molecular weight is 452 g/mol. The lowest BCUT2D eigenvalue weighted by molar-refractivity contribution is -0.274. The molecule has 0 atom stereocenters. The standard InChI is InChI=1S/C22H23F3N2O5/c1-30-18-12-16(21(29)27-10-4-3-5-11-27)17(13-19(18)31-2)26-20(28)14-6-8-15(9-7-14)32-22(23,24)25/h6-9,12-13H,3-5,10-11H2,1-2H3,(H,26,28). The maximum Gasteiger partial charge on any atom is 0.573 e.